The lowest BCUT2D eigenvalue weighted by Gasteiger charge is -2.31. The maximum Gasteiger partial charge on any atom is 0.124 e. The topological polar surface area (TPSA) is 72.3 Å². The van der Waals surface area contributed by atoms with Crippen LogP contribution in [0.2, 0.25) is 0 Å². The van der Waals surface area contributed by atoms with Crippen molar-refractivity contribution in [2.24, 2.45) is 11.5 Å². The smallest absolute Gasteiger partial charge is 0.124 e. The summed E-state index contributed by atoms with van der Waals surface area (Å²) in [5.41, 5.74) is 13.8. The summed E-state index contributed by atoms with van der Waals surface area (Å²) in [6.45, 7) is 13.9. The van der Waals surface area contributed by atoms with Crippen molar-refractivity contribution in [1.29, 1.82) is 0 Å². The molecule has 0 radical (unpaired) electrons. The molecule has 3 nitrogen and oxygen atoms in total. The van der Waals surface area contributed by atoms with Gasteiger partial charge < -0.3 is 16.6 Å². The zero-order chi connectivity index (χ0) is 15.2. The highest BCUT2D eigenvalue weighted by molar-refractivity contribution is 5.51. The van der Waals surface area contributed by atoms with Crippen LogP contribution in [0.25, 0.3) is 0 Å². The molecule has 108 valence electrons. The summed E-state index contributed by atoms with van der Waals surface area (Å²) in [5, 5.41) is 10.5. The molecule has 0 bridgehead atoms. The molecule has 0 saturated carbocycles. The van der Waals surface area contributed by atoms with Crippen LogP contribution in [0.15, 0.2) is 12.1 Å². The standard InChI is InChI=1S/C16H28N2O/c1-14(2,3)11-8-10(15(4,5)17)9-12(13(11)19)16(6,7)18/h8-9,19H,17-18H2,1-7H3. The van der Waals surface area contributed by atoms with Gasteiger partial charge in [-0.3, -0.25) is 0 Å². The highest BCUT2D eigenvalue weighted by Gasteiger charge is 2.29. The fourth-order valence-electron chi connectivity index (χ4n) is 2.07. The Bertz CT molecular complexity index is 436. The third-order valence-electron chi connectivity index (χ3n) is 3.36. The van der Waals surface area contributed by atoms with Gasteiger partial charge in [-0.2, -0.15) is 0 Å². The van der Waals surface area contributed by atoms with Crippen LogP contribution in [0.3, 0.4) is 0 Å². The van der Waals surface area contributed by atoms with Gasteiger partial charge in [0, 0.05) is 16.6 Å². The zero-order valence-electron chi connectivity index (χ0n) is 13.3. The summed E-state index contributed by atoms with van der Waals surface area (Å²) in [6, 6.07) is 3.91. The first kappa shape index (κ1) is 16.0. The Morgan fingerprint density at radius 1 is 0.789 bits per heavy atom. The molecule has 1 rings (SSSR count). The van der Waals surface area contributed by atoms with Gasteiger partial charge in [0.05, 0.1) is 0 Å². The molecule has 0 unspecified atom stereocenters. The highest BCUT2D eigenvalue weighted by Crippen LogP contribution is 2.39. The largest absolute Gasteiger partial charge is 0.507 e. The molecule has 0 heterocycles. The molecule has 5 N–H and O–H groups in total. The lowest BCUT2D eigenvalue weighted by atomic mass is 9.78. The summed E-state index contributed by atoms with van der Waals surface area (Å²) < 4.78 is 0. The summed E-state index contributed by atoms with van der Waals surface area (Å²) in [4.78, 5) is 0. The predicted molar refractivity (Wildman–Crippen MR) is 81.2 cm³/mol. The van der Waals surface area contributed by atoms with Crippen LogP contribution in [-0.4, -0.2) is 5.11 Å². The molecular formula is C16H28N2O. The van der Waals surface area contributed by atoms with Crippen molar-refractivity contribution in [2.75, 3.05) is 0 Å². The average Bonchev–Trinajstić information content (AvgIpc) is 2.11. The van der Waals surface area contributed by atoms with Gasteiger partial charge in [-0.25, -0.2) is 0 Å². The van der Waals surface area contributed by atoms with E-state index in [1.807, 2.05) is 39.8 Å². The third kappa shape index (κ3) is 3.48. The second-order valence-electron chi connectivity index (χ2n) is 7.61. The van der Waals surface area contributed by atoms with Gasteiger partial charge in [0.2, 0.25) is 0 Å². The Kier molecular flexibility index (Phi) is 3.79. The monoisotopic (exact) mass is 264 g/mol. The first-order valence-corrected chi connectivity index (χ1v) is 6.71. The summed E-state index contributed by atoms with van der Waals surface area (Å²) in [7, 11) is 0. The number of benzene rings is 1. The van der Waals surface area contributed by atoms with Gasteiger partial charge in [-0.05, 0) is 56.4 Å². The fourth-order valence-corrected chi connectivity index (χ4v) is 2.07. The minimum atomic E-state index is -0.606. The molecule has 0 spiro atoms. The number of hydrogen-bond acceptors (Lipinski definition) is 3. The van der Waals surface area contributed by atoms with Crippen LogP contribution in [0.4, 0.5) is 0 Å². The van der Waals surface area contributed by atoms with Crippen molar-refractivity contribution in [3.63, 3.8) is 0 Å². The van der Waals surface area contributed by atoms with E-state index in [1.54, 1.807) is 0 Å². The van der Waals surface area contributed by atoms with E-state index in [0.717, 1.165) is 16.7 Å². The van der Waals surface area contributed by atoms with E-state index < -0.39 is 11.1 Å². The molecule has 0 atom stereocenters. The van der Waals surface area contributed by atoms with Gasteiger partial charge >= 0.3 is 0 Å². The van der Waals surface area contributed by atoms with Gasteiger partial charge in [0.15, 0.2) is 0 Å². The van der Waals surface area contributed by atoms with Crippen LogP contribution in [-0.2, 0) is 16.5 Å². The number of phenols is 1. The molecule has 0 aliphatic carbocycles. The van der Waals surface area contributed by atoms with E-state index >= 15 is 0 Å². The number of rotatable bonds is 2. The van der Waals surface area contributed by atoms with Crippen molar-refractivity contribution in [3.05, 3.63) is 28.8 Å². The molecular weight excluding hydrogens is 236 g/mol. The Morgan fingerprint density at radius 2 is 1.21 bits per heavy atom. The lowest BCUT2D eigenvalue weighted by Crippen LogP contribution is -2.33. The van der Waals surface area contributed by atoms with Crippen LogP contribution < -0.4 is 11.5 Å². The van der Waals surface area contributed by atoms with Crippen molar-refractivity contribution >= 4 is 0 Å². The quantitative estimate of drug-likeness (QED) is 0.768. The third-order valence-corrected chi connectivity index (χ3v) is 3.36. The second kappa shape index (κ2) is 4.50. The molecule has 0 fully saturated rings. The van der Waals surface area contributed by atoms with E-state index in [0.29, 0.717) is 0 Å². The minimum Gasteiger partial charge on any atom is -0.507 e. The van der Waals surface area contributed by atoms with Crippen molar-refractivity contribution < 1.29 is 5.11 Å². The summed E-state index contributed by atoms with van der Waals surface area (Å²) in [5.74, 6) is 0.285. The van der Waals surface area contributed by atoms with E-state index in [4.69, 9.17) is 11.5 Å². The maximum atomic E-state index is 10.5. The lowest BCUT2D eigenvalue weighted by molar-refractivity contribution is 0.415. The average molecular weight is 264 g/mol. The van der Waals surface area contributed by atoms with Crippen LogP contribution in [0.5, 0.6) is 5.75 Å². The van der Waals surface area contributed by atoms with Crippen molar-refractivity contribution in [2.45, 2.75) is 65.0 Å². The predicted octanol–water partition coefficient (Wildman–Crippen LogP) is 3.08. The maximum absolute atomic E-state index is 10.5. The van der Waals surface area contributed by atoms with Crippen molar-refractivity contribution in [1.82, 2.24) is 0 Å². The fraction of sp³-hybridized carbons (Fsp3) is 0.625. The Labute approximate surface area is 117 Å². The highest BCUT2D eigenvalue weighted by atomic mass is 16.3. The molecule has 0 amide bonds. The molecule has 0 saturated heterocycles. The summed E-state index contributed by atoms with van der Waals surface area (Å²) in [6.07, 6.45) is 0. The summed E-state index contributed by atoms with van der Waals surface area (Å²) >= 11 is 0. The van der Waals surface area contributed by atoms with Crippen molar-refractivity contribution in [3.8, 4) is 5.75 Å². The molecule has 1 aromatic rings. The molecule has 0 aliphatic heterocycles. The first-order chi connectivity index (χ1) is 8.24. The SMILES string of the molecule is CC(C)(C)c1cc(C(C)(C)N)cc(C(C)(C)N)c1O. The molecule has 0 aromatic heterocycles. The van der Waals surface area contributed by atoms with Gasteiger partial charge in [-0.15, -0.1) is 0 Å². The van der Waals surface area contributed by atoms with E-state index in [-0.39, 0.29) is 11.2 Å². The van der Waals surface area contributed by atoms with Crippen LogP contribution in [0, 0.1) is 0 Å². The van der Waals surface area contributed by atoms with E-state index in [1.165, 1.54) is 0 Å². The Hall–Kier alpha value is -1.06. The molecule has 0 aliphatic rings. The van der Waals surface area contributed by atoms with Crippen LogP contribution >= 0.6 is 0 Å². The number of aromatic hydroxyl groups is 1. The minimum absolute atomic E-state index is 0.161. The number of phenolic OH excluding ortho intramolecular Hbond substituents is 1. The van der Waals surface area contributed by atoms with Gasteiger partial charge in [0.25, 0.3) is 0 Å². The van der Waals surface area contributed by atoms with Crippen LogP contribution in [0.1, 0.15) is 65.2 Å². The Morgan fingerprint density at radius 3 is 1.53 bits per heavy atom. The second-order valence-corrected chi connectivity index (χ2v) is 7.61. The normalized spacial score (nSPS) is 13.7. The number of nitrogens with two attached hydrogens (primary N) is 2. The molecule has 1 aromatic carbocycles. The molecule has 19 heavy (non-hydrogen) atoms. The number of hydrogen-bond donors (Lipinski definition) is 3. The first-order valence-electron chi connectivity index (χ1n) is 6.71. The zero-order valence-corrected chi connectivity index (χ0v) is 13.3. The van der Waals surface area contributed by atoms with E-state index in [9.17, 15) is 5.11 Å². The van der Waals surface area contributed by atoms with Gasteiger partial charge in [-0.1, -0.05) is 20.8 Å². The van der Waals surface area contributed by atoms with Gasteiger partial charge in [0.1, 0.15) is 5.75 Å². The Balaban J connectivity index is 3.68. The molecule has 3 heteroatoms. The van der Waals surface area contributed by atoms with E-state index in [2.05, 4.69) is 20.8 Å².